The standard InChI is InChI=1S/C7H9N5O/c8-1-2-13-7-5-6(10-3-9-5)11-4-12-7/h3-4H,1-2,8H2,(H,9,10,11,12). The van der Waals surface area contributed by atoms with Crippen molar-refractivity contribution in [1.82, 2.24) is 19.9 Å². The summed E-state index contributed by atoms with van der Waals surface area (Å²) in [7, 11) is 0. The Labute approximate surface area is 74.2 Å². The van der Waals surface area contributed by atoms with Crippen molar-refractivity contribution < 1.29 is 4.74 Å². The van der Waals surface area contributed by atoms with E-state index in [1.54, 1.807) is 6.33 Å². The maximum atomic E-state index is 5.30. The molecule has 0 unspecified atom stereocenters. The summed E-state index contributed by atoms with van der Waals surface area (Å²) in [5, 5.41) is 0. The minimum Gasteiger partial charge on any atom is -0.475 e. The van der Waals surface area contributed by atoms with Crippen molar-refractivity contribution in [2.45, 2.75) is 0 Å². The van der Waals surface area contributed by atoms with Crippen LogP contribution in [0.4, 0.5) is 0 Å². The molecule has 0 aliphatic rings. The average molecular weight is 179 g/mol. The van der Waals surface area contributed by atoms with E-state index < -0.39 is 0 Å². The zero-order chi connectivity index (χ0) is 9.10. The molecule has 0 atom stereocenters. The Balaban J connectivity index is 2.37. The number of nitrogens with two attached hydrogens (primary N) is 1. The van der Waals surface area contributed by atoms with Gasteiger partial charge in [-0.3, -0.25) is 0 Å². The molecular formula is C7H9N5O. The molecule has 0 aliphatic heterocycles. The fourth-order valence-electron chi connectivity index (χ4n) is 1.01. The lowest BCUT2D eigenvalue weighted by atomic mass is 10.5. The van der Waals surface area contributed by atoms with Crippen LogP contribution in [-0.4, -0.2) is 33.1 Å². The molecule has 3 N–H and O–H groups in total. The van der Waals surface area contributed by atoms with E-state index in [1.807, 2.05) is 0 Å². The van der Waals surface area contributed by atoms with Gasteiger partial charge < -0.3 is 15.5 Å². The maximum Gasteiger partial charge on any atom is 0.243 e. The monoisotopic (exact) mass is 179 g/mol. The molecule has 6 nitrogen and oxygen atoms in total. The van der Waals surface area contributed by atoms with Gasteiger partial charge in [0.2, 0.25) is 5.88 Å². The molecule has 13 heavy (non-hydrogen) atoms. The van der Waals surface area contributed by atoms with Gasteiger partial charge in [-0.05, 0) is 0 Å². The third kappa shape index (κ3) is 1.43. The minimum atomic E-state index is 0.436. The number of H-pyrrole nitrogens is 1. The Hall–Kier alpha value is -1.69. The topological polar surface area (TPSA) is 89.7 Å². The van der Waals surface area contributed by atoms with Gasteiger partial charge in [-0.25, -0.2) is 9.97 Å². The lowest BCUT2D eigenvalue weighted by Crippen LogP contribution is -2.11. The molecule has 2 aromatic rings. The highest BCUT2D eigenvalue weighted by Gasteiger charge is 2.05. The molecule has 0 amide bonds. The summed E-state index contributed by atoms with van der Waals surface area (Å²) in [5.41, 5.74) is 6.61. The molecule has 0 aliphatic carbocycles. The van der Waals surface area contributed by atoms with Gasteiger partial charge in [0.1, 0.15) is 18.5 Å². The van der Waals surface area contributed by atoms with Crippen LogP contribution < -0.4 is 10.5 Å². The third-order valence-electron chi connectivity index (χ3n) is 1.54. The Morgan fingerprint density at radius 1 is 1.38 bits per heavy atom. The molecule has 0 saturated heterocycles. The molecular weight excluding hydrogens is 170 g/mol. The highest BCUT2D eigenvalue weighted by Crippen LogP contribution is 2.16. The van der Waals surface area contributed by atoms with Crippen LogP contribution in [0.3, 0.4) is 0 Å². The van der Waals surface area contributed by atoms with E-state index in [0.717, 1.165) is 0 Å². The van der Waals surface area contributed by atoms with E-state index in [-0.39, 0.29) is 0 Å². The van der Waals surface area contributed by atoms with Crippen LogP contribution in [0.25, 0.3) is 11.2 Å². The van der Waals surface area contributed by atoms with Crippen molar-refractivity contribution in [2.24, 2.45) is 5.73 Å². The molecule has 0 saturated carbocycles. The second-order valence-corrected chi connectivity index (χ2v) is 2.42. The summed E-state index contributed by atoms with van der Waals surface area (Å²) in [5.74, 6) is 0.493. The van der Waals surface area contributed by atoms with E-state index >= 15 is 0 Å². The molecule has 2 heterocycles. The first-order chi connectivity index (χ1) is 6.42. The smallest absolute Gasteiger partial charge is 0.243 e. The van der Waals surface area contributed by atoms with Gasteiger partial charge in [0.05, 0.1) is 6.33 Å². The molecule has 2 aromatic heterocycles. The first kappa shape index (κ1) is 7.93. The average Bonchev–Trinajstić information content (AvgIpc) is 2.62. The van der Waals surface area contributed by atoms with Crippen LogP contribution in [-0.2, 0) is 0 Å². The van der Waals surface area contributed by atoms with Crippen LogP contribution in [0.15, 0.2) is 12.7 Å². The number of imidazole rings is 1. The fourth-order valence-corrected chi connectivity index (χ4v) is 1.01. The molecule has 0 radical (unpaired) electrons. The third-order valence-corrected chi connectivity index (χ3v) is 1.54. The normalized spacial score (nSPS) is 10.5. The van der Waals surface area contributed by atoms with Crippen molar-refractivity contribution in [2.75, 3.05) is 13.2 Å². The number of hydrogen-bond acceptors (Lipinski definition) is 5. The molecule has 0 aromatic carbocycles. The van der Waals surface area contributed by atoms with Gasteiger partial charge in [0, 0.05) is 6.54 Å². The molecule has 0 spiro atoms. The Morgan fingerprint density at radius 3 is 3.15 bits per heavy atom. The Bertz CT molecular complexity index is 398. The zero-order valence-electron chi connectivity index (χ0n) is 6.90. The SMILES string of the molecule is NCCOc1ncnc2nc[nH]c12. The van der Waals surface area contributed by atoms with Crippen LogP contribution in [0.5, 0.6) is 5.88 Å². The largest absolute Gasteiger partial charge is 0.475 e. The van der Waals surface area contributed by atoms with Crippen molar-refractivity contribution in [3.05, 3.63) is 12.7 Å². The van der Waals surface area contributed by atoms with E-state index in [2.05, 4.69) is 19.9 Å². The van der Waals surface area contributed by atoms with Gasteiger partial charge in [-0.1, -0.05) is 0 Å². The van der Waals surface area contributed by atoms with Crippen LogP contribution in [0.2, 0.25) is 0 Å². The zero-order valence-corrected chi connectivity index (χ0v) is 6.90. The van der Waals surface area contributed by atoms with Crippen molar-refractivity contribution in [3.63, 3.8) is 0 Å². The number of fused-ring (bicyclic) bond motifs is 1. The summed E-state index contributed by atoms with van der Waals surface area (Å²) in [6.45, 7) is 0.894. The predicted molar refractivity (Wildman–Crippen MR) is 46.2 cm³/mol. The lowest BCUT2D eigenvalue weighted by molar-refractivity contribution is 0.319. The molecule has 6 heteroatoms. The molecule has 68 valence electrons. The van der Waals surface area contributed by atoms with E-state index in [1.165, 1.54) is 6.33 Å². The van der Waals surface area contributed by atoms with E-state index in [4.69, 9.17) is 10.5 Å². The molecule has 0 bridgehead atoms. The Morgan fingerprint density at radius 2 is 2.31 bits per heavy atom. The summed E-state index contributed by atoms with van der Waals surface area (Å²) < 4.78 is 5.28. The van der Waals surface area contributed by atoms with Gasteiger partial charge >= 0.3 is 0 Å². The number of aromatic nitrogens is 4. The highest BCUT2D eigenvalue weighted by molar-refractivity contribution is 5.74. The first-order valence-corrected chi connectivity index (χ1v) is 3.89. The number of hydrogen-bond donors (Lipinski definition) is 2. The van der Waals surface area contributed by atoms with E-state index in [9.17, 15) is 0 Å². The van der Waals surface area contributed by atoms with E-state index in [0.29, 0.717) is 30.2 Å². The first-order valence-electron chi connectivity index (χ1n) is 3.89. The summed E-state index contributed by atoms with van der Waals surface area (Å²) in [4.78, 5) is 14.8. The number of ether oxygens (including phenoxy) is 1. The number of nitrogens with zero attached hydrogens (tertiary/aromatic N) is 3. The summed E-state index contributed by atoms with van der Waals surface area (Å²) in [6, 6.07) is 0. The summed E-state index contributed by atoms with van der Waals surface area (Å²) >= 11 is 0. The quantitative estimate of drug-likeness (QED) is 0.674. The van der Waals surface area contributed by atoms with Gasteiger partial charge in [-0.2, -0.15) is 4.98 Å². The molecule has 2 rings (SSSR count). The highest BCUT2D eigenvalue weighted by atomic mass is 16.5. The van der Waals surface area contributed by atoms with Gasteiger partial charge in [0.25, 0.3) is 0 Å². The molecule has 0 fully saturated rings. The lowest BCUT2D eigenvalue weighted by Gasteiger charge is -2.02. The Kier molecular flexibility index (Phi) is 2.05. The van der Waals surface area contributed by atoms with Crippen LogP contribution in [0, 0.1) is 0 Å². The van der Waals surface area contributed by atoms with Crippen molar-refractivity contribution >= 4 is 11.2 Å². The maximum absolute atomic E-state index is 5.30. The number of rotatable bonds is 3. The van der Waals surface area contributed by atoms with Crippen LogP contribution in [0.1, 0.15) is 0 Å². The second kappa shape index (κ2) is 3.36. The van der Waals surface area contributed by atoms with Crippen molar-refractivity contribution in [1.29, 1.82) is 0 Å². The predicted octanol–water partition coefficient (Wildman–Crippen LogP) is -0.310. The number of aromatic amines is 1. The minimum absolute atomic E-state index is 0.436. The number of nitrogens with one attached hydrogen (secondary N) is 1. The van der Waals surface area contributed by atoms with Gasteiger partial charge in [0.15, 0.2) is 5.65 Å². The fraction of sp³-hybridized carbons (Fsp3) is 0.286. The summed E-state index contributed by atoms with van der Waals surface area (Å²) in [6.07, 6.45) is 2.96. The van der Waals surface area contributed by atoms with Crippen molar-refractivity contribution in [3.8, 4) is 5.88 Å². The van der Waals surface area contributed by atoms with Crippen LogP contribution >= 0.6 is 0 Å². The van der Waals surface area contributed by atoms with Gasteiger partial charge in [-0.15, -0.1) is 0 Å². The second-order valence-electron chi connectivity index (χ2n) is 2.42.